The van der Waals surface area contributed by atoms with Gasteiger partial charge in [-0.3, -0.25) is 0 Å². The molecule has 1 aromatic heterocycles. The first-order valence-corrected chi connectivity index (χ1v) is 9.19. The summed E-state index contributed by atoms with van der Waals surface area (Å²) in [6.07, 6.45) is 1.52. The largest absolute Gasteiger partial charge is 0.507 e. The van der Waals surface area contributed by atoms with Gasteiger partial charge in [-0.25, -0.2) is 4.99 Å². The van der Waals surface area contributed by atoms with Crippen LogP contribution in [-0.4, -0.2) is 11.3 Å². The monoisotopic (exact) mass is 378 g/mol. The fraction of sp³-hybridized carbons (Fsp3) is 0.0400. The summed E-state index contributed by atoms with van der Waals surface area (Å²) in [5, 5.41) is 20.0. The summed E-state index contributed by atoms with van der Waals surface area (Å²) in [6.45, 7) is 1.94. The SMILES string of the molecule is Cc1ccc(O)c(C=Nc2oc(-c3ccccc3)c(-c3ccccc3)c2C#N)c1. The van der Waals surface area contributed by atoms with Crippen molar-refractivity contribution in [3.63, 3.8) is 0 Å². The van der Waals surface area contributed by atoms with E-state index in [0.717, 1.165) is 16.7 Å². The first kappa shape index (κ1) is 18.3. The van der Waals surface area contributed by atoms with Gasteiger partial charge in [-0.2, -0.15) is 5.26 Å². The molecule has 4 heteroatoms. The molecule has 4 nitrogen and oxygen atoms in total. The molecule has 0 fully saturated rings. The van der Waals surface area contributed by atoms with E-state index < -0.39 is 0 Å². The summed E-state index contributed by atoms with van der Waals surface area (Å²) in [7, 11) is 0. The van der Waals surface area contributed by atoms with Crippen molar-refractivity contribution >= 4 is 12.1 Å². The molecule has 4 aromatic rings. The van der Waals surface area contributed by atoms with Crippen molar-refractivity contribution < 1.29 is 9.52 Å². The van der Waals surface area contributed by atoms with Crippen LogP contribution in [0.1, 0.15) is 16.7 Å². The van der Waals surface area contributed by atoms with Gasteiger partial charge in [0.05, 0.1) is 0 Å². The third-order valence-corrected chi connectivity index (χ3v) is 4.60. The van der Waals surface area contributed by atoms with Crippen LogP contribution in [0.3, 0.4) is 0 Å². The van der Waals surface area contributed by atoms with Gasteiger partial charge in [0.1, 0.15) is 23.1 Å². The Kier molecular flexibility index (Phi) is 4.96. The number of aliphatic imine (C=N–C) groups is 1. The highest BCUT2D eigenvalue weighted by Gasteiger charge is 2.22. The van der Waals surface area contributed by atoms with Crippen LogP contribution >= 0.6 is 0 Å². The lowest BCUT2D eigenvalue weighted by Crippen LogP contribution is -1.85. The minimum absolute atomic E-state index is 0.121. The van der Waals surface area contributed by atoms with Crippen molar-refractivity contribution in [3.8, 4) is 34.3 Å². The molecule has 0 bridgehead atoms. The smallest absolute Gasteiger partial charge is 0.238 e. The van der Waals surface area contributed by atoms with Crippen LogP contribution in [0.2, 0.25) is 0 Å². The van der Waals surface area contributed by atoms with Crippen LogP contribution in [0.25, 0.3) is 22.5 Å². The van der Waals surface area contributed by atoms with Crippen LogP contribution in [0.4, 0.5) is 5.88 Å². The Morgan fingerprint density at radius 3 is 2.24 bits per heavy atom. The van der Waals surface area contributed by atoms with Gasteiger partial charge in [-0.05, 0) is 24.6 Å². The Bertz CT molecular complexity index is 1220. The van der Waals surface area contributed by atoms with Gasteiger partial charge >= 0.3 is 0 Å². The summed E-state index contributed by atoms with van der Waals surface area (Å²) < 4.78 is 6.07. The highest BCUT2D eigenvalue weighted by Crippen LogP contribution is 2.42. The van der Waals surface area contributed by atoms with Crippen molar-refractivity contribution in [2.24, 2.45) is 4.99 Å². The molecule has 0 radical (unpaired) electrons. The van der Waals surface area contributed by atoms with Crippen molar-refractivity contribution in [1.29, 1.82) is 5.26 Å². The predicted molar refractivity (Wildman–Crippen MR) is 114 cm³/mol. The van der Waals surface area contributed by atoms with E-state index in [0.29, 0.717) is 22.5 Å². The first-order chi connectivity index (χ1) is 14.2. The molecule has 0 aliphatic rings. The first-order valence-electron chi connectivity index (χ1n) is 9.19. The van der Waals surface area contributed by atoms with Crippen molar-refractivity contribution in [2.45, 2.75) is 6.92 Å². The molecular formula is C25H18N2O2. The second-order valence-corrected chi connectivity index (χ2v) is 6.65. The second-order valence-electron chi connectivity index (χ2n) is 6.65. The maximum atomic E-state index is 10.1. The number of nitrogens with zero attached hydrogens (tertiary/aromatic N) is 2. The molecule has 1 N–H and O–H groups in total. The summed E-state index contributed by atoms with van der Waals surface area (Å²) >= 11 is 0. The molecular weight excluding hydrogens is 360 g/mol. The zero-order chi connectivity index (χ0) is 20.2. The lowest BCUT2D eigenvalue weighted by atomic mass is 9.98. The Balaban J connectivity index is 1.90. The summed E-state index contributed by atoms with van der Waals surface area (Å²) in [5.74, 6) is 0.927. The maximum Gasteiger partial charge on any atom is 0.238 e. The predicted octanol–water partition coefficient (Wildman–Crippen LogP) is 6.25. The van der Waals surface area contributed by atoms with Gasteiger partial charge in [-0.1, -0.05) is 72.3 Å². The molecule has 29 heavy (non-hydrogen) atoms. The Morgan fingerprint density at radius 2 is 1.59 bits per heavy atom. The Hall–Kier alpha value is -4.10. The standard InChI is InChI=1S/C25H18N2O2/c1-17-12-13-22(28)20(14-17)16-27-25-21(15-26)23(18-8-4-2-5-9-18)24(29-25)19-10-6-3-7-11-19/h2-14,16,28H,1H3. The van der Waals surface area contributed by atoms with Gasteiger partial charge in [0.25, 0.3) is 0 Å². The minimum atomic E-state index is 0.121. The van der Waals surface area contributed by atoms with Crippen molar-refractivity contribution in [2.75, 3.05) is 0 Å². The molecule has 0 unspecified atom stereocenters. The van der Waals surface area contributed by atoms with E-state index in [-0.39, 0.29) is 11.6 Å². The van der Waals surface area contributed by atoms with E-state index in [1.165, 1.54) is 6.21 Å². The van der Waals surface area contributed by atoms with E-state index in [1.54, 1.807) is 6.07 Å². The number of aromatic hydroxyl groups is 1. The van der Waals surface area contributed by atoms with Gasteiger partial charge in [0.15, 0.2) is 0 Å². The number of benzene rings is 3. The minimum Gasteiger partial charge on any atom is -0.507 e. The van der Waals surface area contributed by atoms with E-state index in [9.17, 15) is 10.4 Å². The molecule has 0 saturated carbocycles. The molecule has 0 spiro atoms. The molecule has 3 aromatic carbocycles. The summed E-state index contributed by atoms with van der Waals surface area (Å²) in [4.78, 5) is 4.41. The number of hydrogen-bond donors (Lipinski definition) is 1. The Labute approximate surface area is 169 Å². The number of nitriles is 1. The fourth-order valence-electron chi connectivity index (χ4n) is 3.19. The van der Waals surface area contributed by atoms with Crippen LogP contribution < -0.4 is 0 Å². The van der Waals surface area contributed by atoms with Crippen LogP contribution in [0.5, 0.6) is 5.75 Å². The third-order valence-electron chi connectivity index (χ3n) is 4.60. The van der Waals surface area contributed by atoms with Crippen LogP contribution in [0.15, 0.2) is 88.3 Å². The van der Waals surface area contributed by atoms with Crippen LogP contribution in [-0.2, 0) is 0 Å². The van der Waals surface area contributed by atoms with Crippen molar-refractivity contribution in [3.05, 3.63) is 95.6 Å². The summed E-state index contributed by atoms with van der Waals surface area (Å²) in [5.41, 5.74) is 4.37. The molecule has 0 aliphatic carbocycles. The fourth-order valence-corrected chi connectivity index (χ4v) is 3.19. The van der Waals surface area contributed by atoms with E-state index in [2.05, 4.69) is 11.1 Å². The highest BCUT2D eigenvalue weighted by atomic mass is 16.4. The average Bonchev–Trinajstić information content (AvgIpc) is 3.14. The second kappa shape index (κ2) is 7.87. The Morgan fingerprint density at radius 1 is 0.931 bits per heavy atom. The number of phenolic OH excluding ortho intramolecular Hbond substituents is 1. The maximum absolute atomic E-state index is 10.1. The zero-order valence-corrected chi connectivity index (χ0v) is 15.8. The molecule has 0 saturated heterocycles. The van der Waals surface area contributed by atoms with Gasteiger partial charge in [0.2, 0.25) is 5.88 Å². The normalized spacial score (nSPS) is 10.9. The number of phenols is 1. The zero-order valence-electron chi connectivity index (χ0n) is 15.8. The van der Waals surface area contributed by atoms with Crippen LogP contribution in [0, 0.1) is 18.3 Å². The lowest BCUT2D eigenvalue weighted by Gasteiger charge is -2.03. The lowest BCUT2D eigenvalue weighted by molar-refractivity contribution is 0.474. The topological polar surface area (TPSA) is 69.5 Å². The average molecular weight is 378 g/mol. The van der Waals surface area contributed by atoms with E-state index in [1.807, 2.05) is 79.7 Å². The molecule has 140 valence electrons. The molecule has 0 amide bonds. The van der Waals surface area contributed by atoms with E-state index >= 15 is 0 Å². The molecule has 4 rings (SSSR count). The quantitative estimate of drug-likeness (QED) is 0.427. The molecule has 1 heterocycles. The molecule has 0 atom stereocenters. The number of rotatable bonds is 4. The van der Waals surface area contributed by atoms with Crippen molar-refractivity contribution in [1.82, 2.24) is 0 Å². The third kappa shape index (κ3) is 3.67. The summed E-state index contributed by atoms with van der Waals surface area (Å²) in [6, 6.07) is 26.8. The number of furan rings is 1. The molecule has 0 aliphatic heterocycles. The highest BCUT2D eigenvalue weighted by molar-refractivity contribution is 5.90. The number of aryl methyl sites for hydroxylation is 1. The van der Waals surface area contributed by atoms with Gasteiger partial charge < -0.3 is 9.52 Å². The van der Waals surface area contributed by atoms with Gasteiger partial charge in [-0.15, -0.1) is 0 Å². The van der Waals surface area contributed by atoms with E-state index in [4.69, 9.17) is 4.42 Å². The number of hydrogen-bond acceptors (Lipinski definition) is 4. The van der Waals surface area contributed by atoms with Gasteiger partial charge in [0, 0.05) is 22.9 Å².